The molecule has 0 bridgehead atoms. The van der Waals surface area contributed by atoms with Gasteiger partial charge >= 0.3 is 0 Å². The van der Waals surface area contributed by atoms with E-state index in [2.05, 4.69) is 38.9 Å². The van der Waals surface area contributed by atoms with Gasteiger partial charge in [0.2, 0.25) is 5.65 Å². The highest BCUT2D eigenvalue weighted by atomic mass is 16.1. The standard InChI is InChI=1S/C18H24N6O/c1-12(2)10-24-11-20-17-16(24)14-9-13(5-6-15(14)21-22-17)18(25)19-7-8-23(3)4/h5-6,9,11-12H,7-8,10H2,1-4H3,(H,19,25). The molecule has 3 aromatic rings. The monoisotopic (exact) mass is 340 g/mol. The summed E-state index contributed by atoms with van der Waals surface area (Å²) in [6, 6.07) is 5.52. The quantitative estimate of drug-likeness (QED) is 0.742. The summed E-state index contributed by atoms with van der Waals surface area (Å²) in [5, 5.41) is 12.3. The van der Waals surface area contributed by atoms with Crippen molar-refractivity contribution in [3.05, 3.63) is 30.1 Å². The number of hydrogen-bond donors (Lipinski definition) is 1. The van der Waals surface area contributed by atoms with E-state index >= 15 is 0 Å². The number of benzene rings is 1. The molecule has 0 aliphatic heterocycles. The lowest BCUT2D eigenvalue weighted by Crippen LogP contribution is -2.31. The number of aromatic nitrogens is 4. The Labute approximate surface area is 147 Å². The van der Waals surface area contributed by atoms with E-state index in [1.165, 1.54) is 0 Å². The molecule has 1 aromatic carbocycles. The molecule has 0 atom stereocenters. The molecule has 7 heteroatoms. The lowest BCUT2D eigenvalue weighted by molar-refractivity contribution is 0.0951. The number of hydrogen-bond acceptors (Lipinski definition) is 5. The Kier molecular flexibility index (Phi) is 4.94. The number of likely N-dealkylation sites (N-methyl/N-ethyl adjacent to an activating group) is 1. The van der Waals surface area contributed by atoms with E-state index in [-0.39, 0.29) is 5.91 Å². The maximum Gasteiger partial charge on any atom is 0.251 e. The van der Waals surface area contributed by atoms with E-state index in [9.17, 15) is 4.79 Å². The Morgan fingerprint density at radius 1 is 1.28 bits per heavy atom. The zero-order valence-electron chi connectivity index (χ0n) is 15.2. The highest BCUT2D eigenvalue weighted by molar-refractivity contribution is 6.05. The SMILES string of the molecule is CC(C)Cn1cnc2nnc3ccc(C(=O)NCCN(C)C)cc3c21. The molecule has 1 N–H and O–H groups in total. The van der Waals surface area contributed by atoms with Crippen LogP contribution < -0.4 is 5.32 Å². The Morgan fingerprint density at radius 2 is 2.08 bits per heavy atom. The Morgan fingerprint density at radius 3 is 2.80 bits per heavy atom. The zero-order valence-corrected chi connectivity index (χ0v) is 15.2. The number of nitrogens with zero attached hydrogens (tertiary/aromatic N) is 5. The predicted octanol–water partition coefficient (Wildman–Crippen LogP) is 1.93. The number of fused-ring (bicyclic) bond motifs is 3. The summed E-state index contributed by atoms with van der Waals surface area (Å²) in [6.45, 7) is 6.57. The van der Waals surface area contributed by atoms with Crippen molar-refractivity contribution in [2.24, 2.45) is 5.92 Å². The number of rotatable bonds is 6. The summed E-state index contributed by atoms with van der Waals surface area (Å²) in [4.78, 5) is 18.8. The molecule has 25 heavy (non-hydrogen) atoms. The van der Waals surface area contributed by atoms with Gasteiger partial charge in [0.25, 0.3) is 5.91 Å². The average molecular weight is 340 g/mol. The second-order valence-corrected chi connectivity index (χ2v) is 6.95. The second-order valence-electron chi connectivity index (χ2n) is 6.95. The third-order valence-electron chi connectivity index (χ3n) is 3.99. The van der Waals surface area contributed by atoms with E-state index in [1.807, 2.05) is 31.1 Å². The largest absolute Gasteiger partial charge is 0.351 e. The fourth-order valence-corrected chi connectivity index (χ4v) is 2.80. The molecule has 0 saturated carbocycles. The number of carbonyl (C=O) groups is 1. The Hall–Kier alpha value is -2.54. The Bertz CT molecular complexity index is 899. The van der Waals surface area contributed by atoms with Gasteiger partial charge in [0, 0.05) is 30.6 Å². The van der Waals surface area contributed by atoms with Crippen LogP contribution in [-0.2, 0) is 6.54 Å². The Balaban J connectivity index is 1.98. The number of amides is 1. The normalized spacial score (nSPS) is 11.8. The van der Waals surface area contributed by atoms with Crippen LogP contribution in [0, 0.1) is 5.92 Å². The van der Waals surface area contributed by atoms with E-state index in [0.717, 1.165) is 29.5 Å². The third kappa shape index (κ3) is 3.76. The first-order chi connectivity index (χ1) is 12.0. The van der Waals surface area contributed by atoms with Crippen molar-refractivity contribution in [3.63, 3.8) is 0 Å². The fourth-order valence-electron chi connectivity index (χ4n) is 2.80. The molecule has 3 rings (SSSR count). The molecule has 0 fully saturated rings. The van der Waals surface area contributed by atoms with Crippen molar-refractivity contribution in [2.45, 2.75) is 20.4 Å². The van der Waals surface area contributed by atoms with Gasteiger partial charge in [-0.15, -0.1) is 10.2 Å². The van der Waals surface area contributed by atoms with Crippen molar-refractivity contribution >= 4 is 28.0 Å². The van der Waals surface area contributed by atoms with Crippen molar-refractivity contribution < 1.29 is 4.79 Å². The first-order valence-corrected chi connectivity index (χ1v) is 8.50. The average Bonchev–Trinajstić information content (AvgIpc) is 2.96. The molecule has 2 heterocycles. The molecule has 0 aliphatic carbocycles. The van der Waals surface area contributed by atoms with Crippen LogP contribution in [0.1, 0.15) is 24.2 Å². The minimum Gasteiger partial charge on any atom is -0.351 e. The van der Waals surface area contributed by atoms with Crippen molar-refractivity contribution in [1.82, 2.24) is 30.0 Å². The molecule has 2 aromatic heterocycles. The first kappa shape index (κ1) is 17.3. The number of imidazole rings is 1. The van der Waals surface area contributed by atoms with E-state index in [0.29, 0.717) is 23.7 Å². The molecule has 0 saturated heterocycles. The fraction of sp³-hybridized carbons (Fsp3) is 0.444. The third-order valence-corrected chi connectivity index (χ3v) is 3.99. The van der Waals surface area contributed by atoms with Crippen molar-refractivity contribution in [2.75, 3.05) is 27.2 Å². The smallest absolute Gasteiger partial charge is 0.251 e. The molecule has 0 unspecified atom stereocenters. The summed E-state index contributed by atoms with van der Waals surface area (Å²) in [6.07, 6.45) is 1.79. The minimum absolute atomic E-state index is 0.0800. The molecule has 132 valence electrons. The second kappa shape index (κ2) is 7.14. The minimum atomic E-state index is -0.0800. The summed E-state index contributed by atoms with van der Waals surface area (Å²) in [5.41, 5.74) is 2.93. The summed E-state index contributed by atoms with van der Waals surface area (Å²) >= 11 is 0. The van der Waals surface area contributed by atoms with E-state index in [4.69, 9.17) is 0 Å². The van der Waals surface area contributed by atoms with E-state index < -0.39 is 0 Å². The van der Waals surface area contributed by atoms with Gasteiger partial charge in [-0.1, -0.05) is 13.8 Å². The van der Waals surface area contributed by atoms with Crippen LogP contribution in [0.25, 0.3) is 22.1 Å². The van der Waals surface area contributed by atoms with Gasteiger partial charge in [-0.05, 0) is 38.2 Å². The lowest BCUT2D eigenvalue weighted by atomic mass is 10.1. The van der Waals surface area contributed by atoms with Crippen LogP contribution in [0.2, 0.25) is 0 Å². The van der Waals surface area contributed by atoms with Crippen molar-refractivity contribution in [1.29, 1.82) is 0 Å². The van der Waals surface area contributed by atoms with Crippen LogP contribution in [0.5, 0.6) is 0 Å². The van der Waals surface area contributed by atoms with Crippen LogP contribution in [-0.4, -0.2) is 57.7 Å². The van der Waals surface area contributed by atoms with Gasteiger partial charge in [0.1, 0.15) is 0 Å². The first-order valence-electron chi connectivity index (χ1n) is 8.50. The summed E-state index contributed by atoms with van der Waals surface area (Å²) in [5.74, 6) is 0.404. The molecule has 0 radical (unpaired) electrons. The summed E-state index contributed by atoms with van der Waals surface area (Å²) in [7, 11) is 3.96. The van der Waals surface area contributed by atoms with Gasteiger partial charge in [-0.2, -0.15) is 0 Å². The van der Waals surface area contributed by atoms with Crippen LogP contribution in [0.4, 0.5) is 0 Å². The number of carbonyl (C=O) groups excluding carboxylic acids is 1. The maximum atomic E-state index is 12.4. The highest BCUT2D eigenvalue weighted by Gasteiger charge is 2.13. The van der Waals surface area contributed by atoms with Gasteiger partial charge < -0.3 is 14.8 Å². The summed E-state index contributed by atoms with van der Waals surface area (Å²) < 4.78 is 2.09. The van der Waals surface area contributed by atoms with Crippen molar-refractivity contribution in [3.8, 4) is 0 Å². The van der Waals surface area contributed by atoms with Gasteiger partial charge in [-0.25, -0.2) is 4.98 Å². The topological polar surface area (TPSA) is 75.9 Å². The molecular formula is C18H24N6O. The van der Waals surface area contributed by atoms with Gasteiger partial charge in [0.05, 0.1) is 17.4 Å². The number of nitrogens with one attached hydrogen (secondary N) is 1. The molecule has 1 amide bonds. The lowest BCUT2D eigenvalue weighted by Gasteiger charge is -2.11. The zero-order chi connectivity index (χ0) is 18.0. The van der Waals surface area contributed by atoms with Gasteiger partial charge in [-0.3, -0.25) is 4.79 Å². The van der Waals surface area contributed by atoms with Crippen LogP contribution >= 0.6 is 0 Å². The predicted molar refractivity (Wildman–Crippen MR) is 98.6 cm³/mol. The molecule has 7 nitrogen and oxygen atoms in total. The van der Waals surface area contributed by atoms with Gasteiger partial charge in [0.15, 0.2) is 0 Å². The van der Waals surface area contributed by atoms with Crippen LogP contribution in [0.15, 0.2) is 24.5 Å². The molecular weight excluding hydrogens is 316 g/mol. The molecule has 0 aliphatic rings. The highest BCUT2D eigenvalue weighted by Crippen LogP contribution is 2.23. The van der Waals surface area contributed by atoms with E-state index in [1.54, 1.807) is 12.4 Å². The van der Waals surface area contributed by atoms with Crippen LogP contribution in [0.3, 0.4) is 0 Å². The maximum absolute atomic E-state index is 12.4. The molecule has 0 spiro atoms.